The Balaban J connectivity index is 1.71. The molecule has 1 saturated heterocycles. The zero-order valence-electron chi connectivity index (χ0n) is 14.7. The van der Waals surface area contributed by atoms with Crippen LogP contribution in [0, 0.1) is 11.3 Å². The SMILES string of the molecule is CCC(COC)COCc1cccc(COCC2(C)COC2)c1. The second-order valence-corrected chi connectivity index (χ2v) is 6.86. The smallest absolute Gasteiger partial charge is 0.0717 e. The average molecular weight is 322 g/mol. The second kappa shape index (κ2) is 9.38. The summed E-state index contributed by atoms with van der Waals surface area (Å²) in [5, 5.41) is 0. The fourth-order valence-electron chi connectivity index (χ4n) is 2.62. The lowest BCUT2D eigenvalue weighted by Gasteiger charge is -2.37. The minimum Gasteiger partial charge on any atom is -0.384 e. The molecule has 1 fully saturated rings. The van der Waals surface area contributed by atoms with Crippen LogP contribution in [-0.4, -0.2) is 40.1 Å². The van der Waals surface area contributed by atoms with Crippen LogP contribution in [0.2, 0.25) is 0 Å². The lowest BCUT2D eigenvalue weighted by atomic mass is 9.90. The van der Waals surface area contributed by atoms with Crippen molar-refractivity contribution < 1.29 is 18.9 Å². The Morgan fingerprint density at radius 3 is 2.39 bits per heavy atom. The number of methoxy groups -OCH3 is 1. The Bertz CT molecular complexity index is 456. The summed E-state index contributed by atoms with van der Waals surface area (Å²) in [7, 11) is 1.74. The molecule has 23 heavy (non-hydrogen) atoms. The molecule has 1 aliphatic heterocycles. The zero-order chi connectivity index (χ0) is 16.5. The first-order chi connectivity index (χ1) is 11.1. The average Bonchev–Trinajstić information content (AvgIpc) is 2.53. The molecule has 1 heterocycles. The van der Waals surface area contributed by atoms with Gasteiger partial charge in [-0.15, -0.1) is 0 Å². The lowest BCUT2D eigenvalue weighted by Crippen LogP contribution is -2.43. The number of benzene rings is 1. The van der Waals surface area contributed by atoms with Gasteiger partial charge >= 0.3 is 0 Å². The molecule has 1 atom stereocenters. The molecular formula is C19H30O4. The van der Waals surface area contributed by atoms with Crippen molar-refractivity contribution in [1.29, 1.82) is 0 Å². The van der Waals surface area contributed by atoms with Crippen LogP contribution in [-0.2, 0) is 32.2 Å². The van der Waals surface area contributed by atoms with Gasteiger partial charge in [0.05, 0.1) is 46.2 Å². The Kier molecular flexibility index (Phi) is 7.50. The van der Waals surface area contributed by atoms with Gasteiger partial charge in [-0.25, -0.2) is 0 Å². The van der Waals surface area contributed by atoms with Crippen molar-refractivity contribution in [1.82, 2.24) is 0 Å². The standard InChI is InChI=1S/C19H30O4/c1-4-16(9-20-3)10-21-11-17-6-5-7-18(8-17)12-22-13-19(2)14-23-15-19/h5-8,16H,4,9-15H2,1-3H3. The molecule has 0 amide bonds. The van der Waals surface area contributed by atoms with Gasteiger partial charge in [0.2, 0.25) is 0 Å². The molecule has 0 saturated carbocycles. The van der Waals surface area contributed by atoms with E-state index in [4.69, 9.17) is 18.9 Å². The van der Waals surface area contributed by atoms with Gasteiger partial charge < -0.3 is 18.9 Å². The number of hydrogen-bond acceptors (Lipinski definition) is 4. The highest BCUT2D eigenvalue weighted by Crippen LogP contribution is 2.26. The van der Waals surface area contributed by atoms with Crippen LogP contribution in [0.4, 0.5) is 0 Å². The van der Waals surface area contributed by atoms with E-state index in [2.05, 4.69) is 38.1 Å². The lowest BCUT2D eigenvalue weighted by molar-refractivity contribution is -0.140. The van der Waals surface area contributed by atoms with Crippen LogP contribution >= 0.6 is 0 Å². The van der Waals surface area contributed by atoms with E-state index in [1.165, 1.54) is 11.1 Å². The molecule has 0 N–H and O–H groups in total. The molecule has 0 radical (unpaired) electrons. The van der Waals surface area contributed by atoms with Crippen LogP contribution in [0.25, 0.3) is 0 Å². The summed E-state index contributed by atoms with van der Waals surface area (Å²) in [4.78, 5) is 0. The van der Waals surface area contributed by atoms with E-state index in [1.54, 1.807) is 7.11 Å². The Hall–Kier alpha value is -0.940. The monoisotopic (exact) mass is 322 g/mol. The van der Waals surface area contributed by atoms with Crippen molar-refractivity contribution >= 4 is 0 Å². The van der Waals surface area contributed by atoms with Crippen molar-refractivity contribution in [2.75, 3.05) is 40.1 Å². The molecule has 0 aliphatic carbocycles. The third-order valence-corrected chi connectivity index (χ3v) is 4.21. The molecule has 1 aromatic carbocycles. The fraction of sp³-hybridized carbons (Fsp3) is 0.684. The van der Waals surface area contributed by atoms with Gasteiger partial charge in [-0.05, 0) is 17.5 Å². The largest absolute Gasteiger partial charge is 0.384 e. The summed E-state index contributed by atoms with van der Waals surface area (Å²) < 4.78 is 22.1. The zero-order valence-corrected chi connectivity index (χ0v) is 14.7. The highest BCUT2D eigenvalue weighted by Gasteiger charge is 2.33. The number of ether oxygens (including phenoxy) is 4. The maximum atomic E-state index is 5.84. The molecule has 4 nitrogen and oxygen atoms in total. The molecule has 1 aromatic rings. The van der Waals surface area contributed by atoms with Crippen LogP contribution in [0.15, 0.2) is 24.3 Å². The van der Waals surface area contributed by atoms with Crippen LogP contribution in [0.1, 0.15) is 31.4 Å². The van der Waals surface area contributed by atoms with Gasteiger partial charge in [0.1, 0.15) is 0 Å². The van der Waals surface area contributed by atoms with E-state index in [1.807, 2.05) is 0 Å². The van der Waals surface area contributed by atoms with Gasteiger partial charge in [-0.1, -0.05) is 38.1 Å². The van der Waals surface area contributed by atoms with E-state index < -0.39 is 0 Å². The van der Waals surface area contributed by atoms with Crippen molar-refractivity contribution in [3.8, 4) is 0 Å². The van der Waals surface area contributed by atoms with Crippen LogP contribution in [0.3, 0.4) is 0 Å². The maximum Gasteiger partial charge on any atom is 0.0717 e. The Labute approximate surface area is 140 Å². The number of rotatable bonds is 11. The van der Waals surface area contributed by atoms with Crippen molar-refractivity contribution in [2.24, 2.45) is 11.3 Å². The Morgan fingerprint density at radius 2 is 1.83 bits per heavy atom. The first-order valence-electron chi connectivity index (χ1n) is 8.45. The molecule has 2 rings (SSSR count). The first kappa shape index (κ1) is 18.4. The molecule has 0 bridgehead atoms. The summed E-state index contributed by atoms with van der Waals surface area (Å²) in [6, 6.07) is 8.43. The predicted octanol–water partition coefficient (Wildman–Crippen LogP) is 3.43. The van der Waals surface area contributed by atoms with E-state index in [9.17, 15) is 0 Å². The summed E-state index contributed by atoms with van der Waals surface area (Å²) in [5.74, 6) is 0.469. The van der Waals surface area contributed by atoms with Gasteiger partial charge in [-0.2, -0.15) is 0 Å². The predicted molar refractivity (Wildman–Crippen MR) is 90.3 cm³/mol. The summed E-state index contributed by atoms with van der Waals surface area (Å²) in [5.41, 5.74) is 2.59. The molecule has 1 unspecified atom stereocenters. The highest BCUT2D eigenvalue weighted by atomic mass is 16.5. The van der Waals surface area contributed by atoms with E-state index in [-0.39, 0.29) is 5.41 Å². The maximum absolute atomic E-state index is 5.84. The molecule has 0 spiro atoms. The Morgan fingerprint density at radius 1 is 1.13 bits per heavy atom. The van der Waals surface area contributed by atoms with Crippen molar-refractivity contribution in [3.05, 3.63) is 35.4 Å². The normalized spacial score (nSPS) is 17.7. The van der Waals surface area contributed by atoms with Crippen LogP contribution < -0.4 is 0 Å². The first-order valence-corrected chi connectivity index (χ1v) is 8.45. The minimum atomic E-state index is 0.206. The minimum absolute atomic E-state index is 0.206. The highest BCUT2D eigenvalue weighted by molar-refractivity contribution is 5.22. The van der Waals surface area contributed by atoms with Gasteiger partial charge in [-0.3, -0.25) is 0 Å². The number of hydrogen-bond donors (Lipinski definition) is 0. The van der Waals surface area contributed by atoms with Gasteiger partial charge in [0.25, 0.3) is 0 Å². The van der Waals surface area contributed by atoms with E-state index in [0.717, 1.165) is 39.5 Å². The topological polar surface area (TPSA) is 36.9 Å². The van der Waals surface area contributed by atoms with Gasteiger partial charge in [0, 0.05) is 18.4 Å². The quantitative estimate of drug-likeness (QED) is 0.625. The van der Waals surface area contributed by atoms with Crippen molar-refractivity contribution in [2.45, 2.75) is 33.5 Å². The van der Waals surface area contributed by atoms with E-state index in [0.29, 0.717) is 19.1 Å². The molecule has 4 heteroatoms. The van der Waals surface area contributed by atoms with Gasteiger partial charge in [0.15, 0.2) is 0 Å². The third-order valence-electron chi connectivity index (χ3n) is 4.21. The summed E-state index contributed by atoms with van der Waals surface area (Å²) in [6.07, 6.45) is 1.07. The van der Waals surface area contributed by atoms with Crippen LogP contribution in [0.5, 0.6) is 0 Å². The third kappa shape index (κ3) is 6.22. The molecule has 1 aliphatic rings. The molecule has 130 valence electrons. The van der Waals surface area contributed by atoms with E-state index >= 15 is 0 Å². The molecular weight excluding hydrogens is 292 g/mol. The molecule has 0 aromatic heterocycles. The summed E-state index contributed by atoms with van der Waals surface area (Å²) >= 11 is 0. The second-order valence-electron chi connectivity index (χ2n) is 6.86. The fourth-order valence-corrected chi connectivity index (χ4v) is 2.62. The van der Waals surface area contributed by atoms with Crippen molar-refractivity contribution in [3.63, 3.8) is 0 Å². The summed E-state index contributed by atoms with van der Waals surface area (Å²) in [6.45, 7) is 9.51.